The Kier molecular flexibility index (Phi) is 7.74. The van der Waals surface area contributed by atoms with Crippen LogP contribution in [0.1, 0.15) is 22.3 Å². The SMILES string of the molecule is COc1ccc(OC)c(C(=O)COC(=O)CCNS(=O)(=O)c2ccc(C)cc2)c1. The molecule has 0 saturated carbocycles. The van der Waals surface area contributed by atoms with Crippen LogP contribution in [0.3, 0.4) is 0 Å². The summed E-state index contributed by atoms with van der Waals surface area (Å²) in [5.74, 6) is -0.371. The Morgan fingerprint density at radius 1 is 1.00 bits per heavy atom. The zero-order valence-electron chi connectivity index (χ0n) is 16.4. The van der Waals surface area contributed by atoms with Crippen LogP contribution in [0.15, 0.2) is 47.4 Å². The van der Waals surface area contributed by atoms with Gasteiger partial charge >= 0.3 is 5.97 Å². The van der Waals surface area contributed by atoms with Crippen LogP contribution in [0.5, 0.6) is 11.5 Å². The van der Waals surface area contributed by atoms with Crippen molar-refractivity contribution in [3.05, 3.63) is 53.6 Å². The molecule has 0 unspecified atom stereocenters. The molecule has 156 valence electrons. The van der Waals surface area contributed by atoms with Gasteiger partial charge in [-0.1, -0.05) is 17.7 Å². The molecule has 0 amide bonds. The van der Waals surface area contributed by atoms with Crippen LogP contribution in [-0.4, -0.2) is 47.5 Å². The monoisotopic (exact) mass is 421 g/mol. The van der Waals surface area contributed by atoms with Crippen LogP contribution in [-0.2, 0) is 19.6 Å². The van der Waals surface area contributed by atoms with Crippen molar-refractivity contribution >= 4 is 21.8 Å². The Balaban J connectivity index is 1.85. The van der Waals surface area contributed by atoms with Crippen molar-refractivity contribution < 1.29 is 32.2 Å². The fraction of sp³-hybridized carbons (Fsp3) is 0.300. The molecule has 2 rings (SSSR count). The molecule has 0 radical (unpaired) electrons. The lowest BCUT2D eigenvalue weighted by Gasteiger charge is -2.10. The summed E-state index contributed by atoms with van der Waals surface area (Å²) in [6, 6.07) is 11.0. The molecule has 0 atom stereocenters. The number of ether oxygens (including phenoxy) is 3. The Bertz CT molecular complexity index is 969. The Hall–Kier alpha value is -2.91. The number of hydrogen-bond acceptors (Lipinski definition) is 7. The topological polar surface area (TPSA) is 108 Å². The molecule has 0 bridgehead atoms. The third-order valence-corrected chi connectivity index (χ3v) is 5.50. The lowest BCUT2D eigenvalue weighted by Crippen LogP contribution is -2.27. The van der Waals surface area contributed by atoms with Crippen molar-refractivity contribution in [2.75, 3.05) is 27.4 Å². The summed E-state index contributed by atoms with van der Waals surface area (Å²) in [6.07, 6.45) is -0.215. The molecule has 0 saturated heterocycles. The molecule has 0 spiro atoms. The van der Waals surface area contributed by atoms with Gasteiger partial charge in [0.15, 0.2) is 6.61 Å². The van der Waals surface area contributed by atoms with Gasteiger partial charge in [0.25, 0.3) is 0 Å². The van der Waals surface area contributed by atoms with Crippen molar-refractivity contribution in [3.63, 3.8) is 0 Å². The highest BCUT2D eigenvalue weighted by atomic mass is 32.2. The average molecular weight is 421 g/mol. The maximum absolute atomic E-state index is 12.3. The molecule has 0 aliphatic carbocycles. The first-order valence-corrected chi connectivity index (χ1v) is 10.2. The van der Waals surface area contributed by atoms with Gasteiger partial charge < -0.3 is 14.2 Å². The summed E-state index contributed by atoms with van der Waals surface area (Å²) in [4.78, 5) is 24.3. The minimum absolute atomic E-state index is 0.108. The van der Waals surface area contributed by atoms with E-state index in [0.29, 0.717) is 11.5 Å². The number of sulfonamides is 1. The molecule has 8 nitrogen and oxygen atoms in total. The highest BCUT2D eigenvalue weighted by Crippen LogP contribution is 2.24. The molecule has 0 aromatic heterocycles. The molecule has 0 heterocycles. The van der Waals surface area contributed by atoms with E-state index in [1.165, 1.54) is 32.4 Å². The fourth-order valence-electron chi connectivity index (χ4n) is 2.42. The van der Waals surface area contributed by atoms with Crippen LogP contribution in [0.2, 0.25) is 0 Å². The summed E-state index contributed by atoms with van der Waals surface area (Å²) < 4.78 is 41.8. The Labute approximate surface area is 169 Å². The second kappa shape index (κ2) is 10.0. The number of methoxy groups -OCH3 is 2. The summed E-state index contributed by atoms with van der Waals surface area (Å²) in [6.45, 7) is 1.21. The van der Waals surface area contributed by atoms with Crippen LogP contribution >= 0.6 is 0 Å². The molecular formula is C20H23NO7S. The van der Waals surface area contributed by atoms with Crippen LogP contribution < -0.4 is 14.2 Å². The number of nitrogens with one attached hydrogen (secondary N) is 1. The predicted molar refractivity (Wildman–Crippen MR) is 106 cm³/mol. The van der Waals surface area contributed by atoms with Gasteiger partial charge in [-0.3, -0.25) is 9.59 Å². The van der Waals surface area contributed by atoms with E-state index in [1.807, 2.05) is 6.92 Å². The molecule has 0 fully saturated rings. The van der Waals surface area contributed by atoms with Crippen LogP contribution in [0.25, 0.3) is 0 Å². The van der Waals surface area contributed by atoms with E-state index in [9.17, 15) is 18.0 Å². The Morgan fingerprint density at radius 3 is 2.31 bits per heavy atom. The van der Waals surface area contributed by atoms with E-state index in [4.69, 9.17) is 14.2 Å². The van der Waals surface area contributed by atoms with Gasteiger partial charge in [0, 0.05) is 6.54 Å². The molecule has 29 heavy (non-hydrogen) atoms. The number of rotatable bonds is 10. The lowest BCUT2D eigenvalue weighted by molar-refractivity contribution is -0.142. The average Bonchev–Trinajstić information content (AvgIpc) is 2.71. The molecule has 0 aliphatic heterocycles. The fourth-order valence-corrected chi connectivity index (χ4v) is 3.45. The van der Waals surface area contributed by atoms with E-state index in [-0.39, 0.29) is 23.4 Å². The number of carbonyl (C=O) groups is 2. The first-order chi connectivity index (χ1) is 13.8. The number of hydrogen-bond donors (Lipinski definition) is 1. The lowest BCUT2D eigenvalue weighted by atomic mass is 10.1. The van der Waals surface area contributed by atoms with E-state index >= 15 is 0 Å². The van der Waals surface area contributed by atoms with E-state index in [1.54, 1.807) is 24.3 Å². The van der Waals surface area contributed by atoms with Gasteiger partial charge in [-0.15, -0.1) is 0 Å². The van der Waals surface area contributed by atoms with Gasteiger partial charge in [-0.25, -0.2) is 13.1 Å². The van der Waals surface area contributed by atoms with Gasteiger partial charge in [0.1, 0.15) is 11.5 Å². The molecular weight excluding hydrogens is 398 g/mol. The number of benzene rings is 2. The van der Waals surface area contributed by atoms with Gasteiger partial charge in [0.2, 0.25) is 15.8 Å². The van der Waals surface area contributed by atoms with Gasteiger partial charge in [0.05, 0.1) is 31.1 Å². The second-order valence-corrected chi connectivity index (χ2v) is 7.88. The molecule has 2 aromatic carbocycles. The predicted octanol–water partition coefficient (Wildman–Crippen LogP) is 2.11. The maximum atomic E-state index is 12.3. The first kappa shape index (κ1) is 22.4. The summed E-state index contributed by atoms with van der Waals surface area (Å²) in [5, 5.41) is 0. The quantitative estimate of drug-likeness (QED) is 0.462. The minimum atomic E-state index is -3.72. The van der Waals surface area contributed by atoms with Gasteiger partial charge in [-0.05, 0) is 37.3 Å². The number of ketones is 1. The molecule has 0 aliphatic rings. The third kappa shape index (κ3) is 6.30. The summed E-state index contributed by atoms with van der Waals surface area (Å²) >= 11 is 0. The van der Waals surface area contributed by atoms with E-state index in [0.717, 1.165) is 5.56 Å². The highest BCUT2D eigenvalue weighted by molar-refractivity contribution is 7.89. The number of Topliss-reactive ketones (excluding diaryl/α,β-unsaturated/α-hetero) is 1. The highest BCUT2D eigenvalue weighted by Gasteiger charge is 2.17. The standard InChI is InChI=1S/C20H23NO7S/c1-14-4-7-16(8-5-14)29(24,25)21-11-10-20(23)28-13-18(22)17-12-15(26-2)6-9-19(17)27-3/h4-9,12,21H,10-11,13H2,1-3H3. The second-order valence-electron chi connectivity index (χ2n) is 6.11. The van der Waals surface area contributed by atoms with Crippen molar-refractivity contribution in [3.8, 4) is 11.5 Å². The third-order valence-electron chi connectivity index (χ3n) is 4.02. The normalized spacial score (nSPS) is 11.0. The summed E-state index contributed by atoms with van der Waals surface area (Å²) in [7, 11) is -0.831. The minimum Gasteiger partial charge on any atom is -0.497 e. The number of aryl methyl sites for hydroxylation is 1. The van der Waals surface area contributed by atoms with Crippen LogP contribution in [0.4, 0.5) is 0 Å². The van der Waals surface area contributed by atoms with Gasteiger partial charge in [-0.2, -0.15) is 0 Å². The van der Waals surface area contributed by atoms with Crippen molar-refractivity contribution in [2.24, 2.45) is 0 Å². The number of esters is 1. The first-order valence-electron chi connectivity index (χ1n) is 8.74. The van der Waals surface area contributed by atoms with E-state index in [2.05, 4.69) is 4.72 Å². The van der Waals surface area contributed by atoms with Crippen molar-refractivity contribution in [1.82, 2.24) is 4.72 Å². The van der Waals surface area contributed by atoms with Crippen molar-refractivity contribution in [2.45, 2.75) is 18.2 Å². The number of carbonyl (C=O) groups excluding carboxylic acids is 2. The Morgan fingerprint density at radius 2 is 1.69 bits per heavy atom. The summed E-state index contributed by atoms with van der Waals surface area (Å²) in [5.41, 5.74) is 1.16. The molecule has 9 heteroatoms. The zero-order chi connectivity index (χ0) is 21.4. The maximum Gasteiger partial charge on any atom is 0.307 e. The zero-order valence-corrected chi connectivity index (χ0v) is 17.2. The van der Waals surface area contributed by atoms with Crippen LogP contribution in [0, 0.1) is 6.92 Å². The largest absolute Gasteiger partial charge is 0.497 e. The molecule has 2 aromatic rings. The smallest absolute Gasteiger partial charge is 0.307 e. The van der Waals surface area contributed by atoms with E-state index < -0.39 is 28.4 Å². The van der Waals surface area contributed by atoms with Crippen molar-refractivity contribution in [1.29, 1.82) is 0 Å². The molecule has 1 N–H and O–H groups in total.